The van der Waals surface area contributed by atoms with Gasteiger partial charge in [0.2, 0.25) is 0 Å². The Bertz CT molecular complexity index is 2500. The zero-order valence-electron chi connectivity index (χ0n) is 34.9. The summed E-state index contributed by atoms with van der Waals surface area (Å²) in [6.45, 7) is 8.82. The van der Waals surface area contributed by atoms with Crippen LogP contribution in [0.1, 0.15) is 58.4 Å². The van der Waals surface area contributed by atoms with Gasteiger partial charge in [-0.2, -0.15) is 0 Å². The average Bonchev–Trinajstić information content (AvgIpc) is 3.29. The Kier molecular flexibility index (Phi) is 12.4. The molecule has 8 rings (SSSR count). The SMILES string of the molecule is Cc1cc(Cl)ccc1N(C=C(c1ccccc1)c1ccccc1)c1ccc(C(C)(C)c2ccc(N(C=C(c3ccccc3)c3ccccc3)c3ccc(Cl)cc3C)cc2)cc1. The van der Waals surface area contributed by atoms with Crippen LogP contribution in [-0.4, -0.2) is 0 Å². The van der Waals surface area contributed by atoms with Crippen molar-refractivity contribution in [1.29, 1.82) is 0 Å². The molecule has 300 valence electrons. The third-order valence-corrected chi connectivity index (χ3v) is 11.9. The second-order valence-corrected chi connectivity index (χ2v) is 16.7. The first-order valence-corrected chi connectivity index (χ1v) is 21.4. The van der Waals surface area contributed by atoms with Gasteiger partial charge in [-0.25, -0.2) is 0 Å². The van der Waals surface area contributed by atoms with E-state index in [4.69, 9.17) is 23.2 Å². The molecule has 8 aromatic carbocycles. The van der Waals surface area contributed by atoms with Crippen LogP contribution >= 0.6 is 23.2 Å². The zero-order valence-corrected chi connectivity index (χ0v) is 36.4. The van der Waals surface area contributed by atoms with E-state index in [1.807, 2.05) is 24.3 Å². The smallest absolute Gasteiger partial charge is 0.0485 e. The molecule has 61 heavy (non-hydrogen) atoms. The van der Waals surface area contributed by atoms with E-state index < -0.39 is 0 Å². The molecule has 0 fully saturated rings. The number of benzene rings is 8. The number of hydrogen-bond donors (Lipinski definition) is 0. The van der Waals surface area contributed by atoms with E-state index in [0.29, 0.717) is 0 Å². The Balaban J connectivity index is 1.17. The molecule has 0 aromatic heterocycles. The van der Waals surface area contributed by atoms with E-state index >= 15 is 0 Å². The van der Waals surface area contributed by atoms with Crippen LogP contribution in [0.2, 0.25) is 10.0 Å². The van der Waals surface area contributed by atoms with E-state index in [1.54, 1.807) is 0 Å². The summed E-state index contributed by atoms with van der Waals surface area (Å²) in [6.07, 6.45) is 4.51. The van der Waals surface area contributed by atoms with E-state index in [2.05, 4.69) is 232 Å². The Hall–Kier alpha value is -6.58. The Morgan fingerprint density at radius 1 is 0.393 bits per heavy atom. The molecular weight excluding hydrogens is 784 g/mol. The number of anilines is 4. The summed E-state index contributed by atoms with van der Waals surface area (Å²) in [5.41, 5.74) is 15.4. The van der Waals surface area contributed by atoms with Crippen LogP contribution in [-0.2, 0) is 5.41 Å². The molecule has 0 saturated heterocycles. The molecule has 4 heteroatoms. The van der Waals surface area contributed by atoms with Crippen molar-refractivity contribution >= 4 is 57.1 Å². The molecule has 0 aliphatic rings. The number of halogens is 2. The van der Waals surface area contributed by atoms with Crippen molar-refractivity contribution in [3.63, 3.8) is 0 Å². The highest BCUT2D eigenvalue weighted by atomic mass is 35.5. The first kappa shape index (κ1) is 41.2. The quantitative estimate of drug-likeness (QED) is 0.121. The van der Waals surface area contributed by atoms with Gasteiger partial charge in [-0.3, -0.25) is 0 Å². The summed E-state index contributed by atoms with van der Waals surface area (Å²) in [4.78, 5) is 4.57. The molecule has 0 N–H and O–H groups in total. The van der Waals surface area contributed by atoms with Crippen LogP contribution in [0.5, 0.6) is 0 Å². The van der Waals surface area contributed by atoms with Crippen molar-refractivity contribution in [3.05, 3.63) is 273 Å². The highest BCUT2D eigenvalue weighted by Crippen LogP contribution is 2.40. The minimum absolute atomic E-state index is 0.288. The van der Waals surface area contributed by atoms with Gasteiger partial charge in [0.05, 0.1) is 0 Å². The summed E-state index contributed by atoms with van der Waals surface area (Å²) >= 11 is 13.0. The van der Waals surface area contributed by atoms with E-state index in [0.717, 1.165) is 77.3 Å². The van der Waals surface area contributed by atoms with Crippen molar-refractivity contribution in [2.75, 3.05) is 9.80 Å². The highest BCUT2D eigenvalue weighted by Gasteiger charge is 2.25. The van der Waals surface area contributed by atoms with Gasteiger partial charge in [0.1, 0.15) is 0 Å². The van der Waals surface area contributed by atoms with Crippen LogP contribution in [0, 0.1) is 13.8 Å². The average molecular weight is 832 g/mol. The van der Waals surface area contributed by atoms with E-state index in [9.17, 15) is 0 Å². The van der Waals surface area contributed by atoms with Gasteiger partial charge in [0.15, 0.2) is 0 Å². The summed E-state index contributed by atoms with van der Waals surface area (Å²) in [5, 5.41) is 1.44. The maximum Gasteiger partial charge on any atom is 0.0485 e. The van der Waals surface area contributed by atoms with Crippen molar-refractivity contribution in [2.24, 2.45) is 0 Å². The lowest BCUT2D eigenvalue weighted by molar-refractivity contribution is 0.641. The zero-order chi connectivity index (χ0) is 42.3. The van der Waals surface area contributed by atoms with E-state index in [-0.39, 0.29) is 5.41 Å². The summed E-state index contributed by atoms with van der Waals surface area (Å²) in [5.74, 6) is 0. The maximum atomic E-state index is 6.49. The van der Waals surface area contributed by atoms with Crippen molar-refractivity contribution in [2.45, 2.75) is 33.1 Å². The largest absolute Gasteiger partial charge is 0.316 e. The maximum absolute atomic E-state index is 6.49. The third-order valence-electron chi connectivity index (χ3n) is 11.4. The lowest BCUT2D eigenvalue weighted by Crippen LogP contribution is -2.20. The fourth-order valence-electron chi connectivity index (χ4n) is 7.95. The van der Waals surface area contributed by atoms with Gasteiger partial charge in [0, 0.05) is 61.8 Å². The molecule has 0 atom stereocenters. The van der Waals surface area contributed by atoms with Crippen LogP contribution in [0.4, 0.5) is 22.7 Å². The second kappa shape index (κ2) is 18.4. The number of aryl methyl sites for hydroxylation is 2. The monoisotopic (exact) mass is 830 g/mol. The van der Waals surface area contributed by atoms with Gasteiger partial charge in [-0.1, -0.05) is 183 Å². The molecule has 0 radical (unpaired) electrons. The highest BCUT2D eigenvalue weighted by molar-refractivity contribution is 6.31. The molecule has 0 unspecified atom stereocenters. The lowest BCUT2D eigenvalue weighted by atomic mass is 9.78. The first-order chi connectivity index (χ1) is 29.7. The van der Waals surface area contributed by atoms with Gasteiger partial charge in [-0.15, -0.1) is 0 Å². The molecule has 0 spiro atoms. The number of hydrogen-bond acceptors (Lipinski definition) is 2. The number of rotatable bonds is 12. The molecule has 0 saturated carbocycles. The predicted octanol–water partition coefficient (Wildman–Crippen LogP) is 16.4. The second-order valence-electron chi connectivity index (χ2n) is 15.9. The first-order valence-electron chi connectivity index (χ1n) is 20.6. The molecule has 0 heterocycles. The summed E-state index contributed by atoms with van der Waals surface area (Å²) in [6, 6.07) is 72.5. The summed E-state index contributed by atoms with van der Waals surface area (Å²) in [7, 11) is 0. The third kappa shape index (κ3) is 9.27. The fraction of sp³-hybridized carbons (Fsp3) is 0.0877. The van der Waals surface area contributed by atoms with Gasteiger partial charge in [0.25, 0.3) is 0 Å². The normalized spacial score (nSPS) is 11.1. The molecule has 0 bridgehead atoms. The van der Waals surface area contributed by atoms with Crippen LogP contribution in [0.25, 0.3) is 11.1 Å². The number of nitrogens with zero attached hydrogens (tertiary/aromatic N) is 2. The molecule has 2 nitrogen and oxygen atoms in total. The van der Waals surface area contributed by atoms with E-state index in [1.165, 1.54) is 11.1 Å². The molecule has 0 aliphatic heterocycles. The molecule has 0 aliphatic carbocycles. The minimum Gasteiger partial charge on any atom is -0.316 e. The molecular formula is C57H48Cl2N2. The van der Waals surface area contributed by atoms with Crippen molar-refractivity contribution in [1.82, 2.24) is 0 Å². The van der Waals surface area contributed by atoms with Gasteiger partial charge >= 0.3 is 0 Å². The fourth-order valence-corrected chi connectivity index (χ4v) is 8.40. The standard InChI is InChI=1S/C57H48Cl2N2/c1-41-37-49(58)29-35-55(41)60(39-53(43-17-9-5-10-18-43)44-19-11-6-12-20-44)51-31-25-47(26-32-51)57(3,4)48-27-33-52(34-28-48)61(56-36-30-50(59)38-42(56)2)40-54(45-21-13-7-14-22-45)46-23-15-8-16-24-46/h5-40H,1-4H3. The topological polar surface area (TPSA) is 6.48 Å². The van der Waals surface area contributed by atoms with Gasteiger partial charge in [-0.05, 0) is 119 Å². The Morgan fingerprint density at radius 3 is 0.967 bits per heavy atom. The minimum atomic E-state index is -0.288. The Labute approximate surface area is 371 Å². The molecule has 8 aromatic rings. The van der Waals surface area contributed by atoms with Crippen LogP contribution in [0.15, 0.2) is 219 Å². The Morgan fingerprint density at radius 2 is 0.689 bits per heavy atom. The van der Waals surface area contributed by atoms with Crippen LogP contribution in [0.3, 0.4) is 0 Å². The van der Waals surface area contributed by atoms with Crippen LogP contribution < -0.4 is 9.80 Å². The predicted molar refractivity (Wildman–Crippen MR) is 262 cm³/mol. The van der Waals surface area contributed by atoms with Crippen molar-refractivity contribution < 1.29 is 0 Å². The van der Waals surface area contributed by atoms with Gasteiger partial charge < -0.3 is 9.80 Å². The lowest BCUT2D eigenvalue weighted by Gasteiger charge is -2.30. The van der Waals surface area contributed by atoms with Crippen molar-refractivity contribution in [3.8, 4) is 0 Å². The molecule has 0 amide bonds. The summed E-state index contributed by atoms with van der Waals surface area (Å²) < 4.78 is 0.